The molecule has 0 unspecified atom stereocenters. The van der Waals surface area contributed by atoms with Crippen LogP contribution in [0.1, 0.15) is 32.3 Å². The number of amides is 1. The van der Waals surface area contributed by atoms with Gasteiger partial charge in [-0.05, 0) is 24.5 Å². The number of hydrogen-bond donors (Lipinski definition) is 1. The van der Waals surface area contributed by atoms with E-state index in [4.69, 9.17) is 9.47 Å². The van der Waals surface area contributed by atoms with Gasteiger partial charge in [-0.15, -0.1) is 0 Å². The zero-order chi connectivity index (χ0) is 14.4. The molecular weight excluding hydrogens is 254 g/mol. The highest BCUT2D eigenvalue weighted by molar-refractivity contribution is 5.85. The minimum absolute atomic E-state index is 0.0753. The van der Waals surface area contributed by atoms with Gasteiger partial charge in [0.05, 0.1) is 13.2 Å². The molecular formula is C16H21NO3. The molecule has 1 saturated heterocycles. The lowest BCUT2D eigenvalue weighted by Gasteiger charge is -2.24. The van der Waals surface area contributed by atoms with E-state index in [-0.39, 0.29) is 12.2 Å². The molecule has 0 radical (unpaired) electrons. The average molecular weight is 275 g/mol. The van der Waals surface area contributed by atoms with E-state index in [2.05, 4.69) is 5.32 Å². The summed E-state index contributed by atoms with van der Waals surface area (Å²) in [5.74, 6) is -0.0753. The van der Waals surface area contributed by atoms with Crippen molar-refractivity contribution in [2.24, 2.45) is 0 Å². The van der Waals surface area contributed by atoms with Crippen molar-refractivity contribution < 1.29 is 14.3 Å². The number of nitrogens with one attached hydrogen (secondary N) is 1. The number of hydrogen-bond acceptors (Lipinski definition) is 3. The van der Waals surface area contributed by atoms with E-state index in [1.165, 1.54) is 6.92 Å². The van der Waals surface area contributed by atoms with E-state index in [1.807, 2.05) is 37.3 Å². The van der Waals surface area contributed by atoms with Gasteiger partial charge in [0, 0.05) is 19.0 Å². The minimum atomic E-state index is -0.212. The van der Waals surface area contributed by atoms with Crippen LogP contribution in [0.3, 0.4) is 0 Å². The van der Waals surface area contributed by atoms with Gasteiger partial charge in [-0.3, -0.25) is 4.79 Å². The van der Waals surface area contributed by atoms with Crippen LogP contribution in [0.15, 0.2) is 35.9 Å². The Bertz CT molecular complexity index is 476. The van der Waals surface area contributed by atoms with E-state index in [9.17, 15) is 4.79 Å². The maximum Gasteiger partial charge on any atom is 0.221 e. The molecule has 0 spiro atoms. The van der Waals surface area contributed by atoms with Gasteiger partial charge in [-0.1, -0.05) is 30.3 Å². The zero-order valence-electron chi connectivity index (χ0n) is 12.0. The lowest BCUT2D eigenvalue weighted by molar-refractivity contribution is -0.176. The van der Waals surface area contributed by atoms with Gasteiger partial charge in [0.15, 0.2) is 6.29 Å². The largest absolute Gasteiger partial charge is 0.352 e. The first-order valence-corrected chi connectivity index (χ1v) is 6.93. The fourth-order valence-electron chi connectivity index (χ4n) is 2.21. The Morgan fingerprint density at radius 1 is 1.20 bits per heavy atom. The molecule has 108 valence electrons. The third-order valence-electron chi connectivity index (χ3n) is 3.16. The third-order valence-corrected chi connectivity index (χ3v) is 3.16. The van der Waals surface area contributed by atoms with Gasteiger partial charge in [-0.2, -0.15) is 0 Å². The standard InChI is InChI=1S/C16H21NO3/c1-12(11-15-19-9-6-10-20-15)16(17-13(2)18)14-7-4-3-5-8-14/h3-5,7-8,15H,6,9-11H2,1-2H3,(H,17,18)/b16-12+. The Balaban J connectivity index is 2.19. The molecule has 1 aromatic carbocycles. The summed E-state index contributed by atoms with van der Waals surface area (Å²) in [5, 5.41) is 2.92. The molecule has 1 aliphatic heterocycles. The molecule has 1 N–H and O–H groups in total. The van der Waals surface area contributed by atoms with Crippen molar-refractivity contribution in [1.82, 2.24) is 5.32 Å². The third kappa shape index (κ3) is 4.18. The molecule has 0 aromatic heterocycles. The van der Waals surface area contributed by atoms with Gasteiger partial charge >= 0.3 is 0 Å². The van der Waals surface area contributed by atoms with E-state index in [0.717, 1.165) is 36.5 Å². The summed E-state index contributed by atoms with van der Waals surface area (Å²) >= 11 is 0. The van der Waals surface area contributed by atoms with Crippen molar-refractivity contribution in [3.05, 3.63) is 41.5 Å². The van der Waals surface area contributed by atoms with Crippen LogP contribution in [-0.2, 0) is 14.3 Å². The van der Waals surface area contributed by atoms with Gasteiger partial charge < -0.3 is 14.8 Å². The first kappa shape index (κ1) is 14.8. The molecule has 4 heteroatoms. The van der Waals surface area contributed by atoms with Crippen LogP contribution in [0.2, 0.25) is 0 Å². The van der Waals surface area contributed by atoms with Crippen molar-refractivity contribution >= 4 is 11.6 Å². The molecule has 1 aliphatic rings. The summed E-state index contributed by atoms with van der Waals surface area (Å²) in [6, 6.07) is 9.84. The number of carbonyl (C=O) groups excluding carboxylic acids is 1. The first-order valence-electron chi connectivity index (χ1n) is 6.93. The monoisotopic (exact) mass is 275 g/mol. The van der Waals surface area contributed by atoms with Crippen LogP contribution < -0.4 is 5.32 Å². The topological polar surface area (TPSA) is 47.6 Å². The predicted octanol–water partition coefficient (Wildman–Crippen LogP) is 2.71. The molecule has 4 nitrogen and oxygen atoms in total. The summed E-state index contributed by atoms with van der Waals surface area (Å²) in [6.07, 6.45) is 1.39. The van der Waals surface area contributed by atoms with Gasteiger partial charge in [0.25, 0.3) is 0 Å². The molecule has 1 fully saturated rings. The SMILES string of the molecule is CC(=O)N/C(=C(\C)CC1OCCCO1)c1ccccc1. The lowest BCUT2D eigenvalue weighted by Crippen LogP contribution is -2.26. The molecule has 1 heterocycles. The van der Waals surface area contributed by atoms with Crippen molar-refractivity contribution in [2.75, 3.05) is 13.2 Å². The molecule has 0 saturated carbocycles. The van der Waals surface area contributed by atoms with Crippen molar-refractivity contribution in [2.45, 2.75) is 33.0 Å². The van der Waals surface area contributed by atoms with E-state index >= 15 is 0 Å². The Kier molecular flexibility index (Phi) is 5.32. The smallest absolute Gasteiger partial charge is 0.221 e. The predicted molar refractivity (Wildman–Crippen MR) is 77.8 cm³/mol. The number of carbonyl (C=O) groups is 1. The second-order valence-corrected chi connectivity index (χ2v) is 4.93. The highest BCUT2D eigenvalue weighted by Gasteiger charge is 2.17. The van der Waals surface area contributed by atoms with Crippen LogP contribution in [0.4, 0.5) is 0 Å². The normalized spacial score (nSPS) is 17.5. The highest BCUT2D eigenvalue weighted by atomic mass is 16.7. The van der Waals surface area contributed by atoms with Crippen molar-refractivity contribution in [3.8, 4) is 0 Å². The van der Waals surface area contributed by atoms with E-state index in [1.54, 1.807) is 0 Å². The minimum Gasteiger partial charge on any atom is -0.352 e. The van der Waals surface area contributed by atoms with E-state index < -0.39 is 0 Å². The van der Waals surface area contributed by atoms with Crippen LogP contribution in [0, 0.1) is 0 Å². The fraction of sp³-hybridized carbons (Fsp3) is 0.438. The molecule has 1 aromatic rings. The van der Waals surface area contributed by atoms with Crippen molar-refractivity contribution in [3.63, 3.8) is 0 Å². The Hall–Kier alpha value is -1.65. The average Bonchev–Trinajstić information content (AvgIpc) is 2.46. The van der Waals surface area contributed by atoms with Crippen molar-refractivity contribution in [1.29, 1.82) is 0 Å². The molecule has 0 atom stereocenters. The number of benzene rings is 1. The Morgan fingerprint density at radius 2 is 1.85 bits per heavy atom. The Morgan fingerprint density at radius 3 is 2.45 bits per heavy atom. The summed E-state index contributed by atoms with van der Waals surface area (Å²) < 4.78 is 11.1. The second-order valence-electron chi connectivity index (χ2n) is 4.93. The van der Waals surface area contributed by atoms with Crippen LogP contribution in [0.5, 0.6) is 0 Å². The Labute approximate surface area is 119 Å². The second kappa shape index (κ2) is 7.22. The summed E-state index contributed by atoms with van der Waals surface area (Å²) in [4.78, 5) is 11.4. The van der Waals surface area contributed by atoms with Gasteiger partial charge in [0.2, 0.25) is 5.91 Å². The fourth-order valence-corrected chi connectivity index (χ4v) is 2.21. The molecule has 1 amide bonds. The van der Waals surface area contributed by atoms with Gasteiger partial charge in [-0.25, -0.2) is 0 Å². The molecule has 0 aliphatic carbocycles. The zero-order valence-corrected chi connectivity index (χ0v) is 12.0. The maximum absolute atomic E-state index is 11.4. The van der Waals surface area contributed by atoms with E-state index in [0.29, 0.717) is 6.42 Å². The van der Waals surface area contributed by atoms with Gasteiger partial charge in [0.1, 0.15) is 0 Å². The van der Waals surface area contributed by atoms with Crippen LogP contribution >= 0.6 is 0 Å². The number of ether oxygens (including phenoxy) is 2. The lowest BCUT2D eigenvalue weighted by atomic mass is 10.0. The van der Waals surface area contributed by atoms with Crippen LogP contribution in [-0.4, -0.2) is 25.4 Å². The highest BCUT2D eigenvalue weighted by Crippen LogP contribution is 2.22. The summed E-state index contributed by atoms with van der Waals surface area (Å²) in [7, 11) is 0. The number of rotatable bonds is 4. The van der Waals surface area contributed by atoms with Crippen LogP contribution in [0.25, 0.3) is 5.70 Å². The quantitative estimate of drug-likeness (QED) is 0.919. The molecule has 0 bridgehead atoms. The molecule has 20 heavy (non-hydrogen) atoms. The first-order chi connectivity index (χ1) is 9.66. The maximum atomic E-state index is 11.4. The summed E-state index contributed by atoms with van der Waals surface area (Å²) in [5.41, 5.74) is 2.89. The summed E-state index contributed by atoms with van der Waals surface area (Å²) in [6.45, 7) is 4.99. The molecule has 2 rings (SSSR count).